The van der Waals surface area contributed by atoms with Crippen LogP contribution in [-0.4, -0.2) is 29.8 Å². The molecule has 0 fully saturated rings. The van der Waals surface area contributed by atoms with Crippen molar-refractivity contribution in [2.45, 2.75) is 13.3 Å². The van der Waals surface area contributed by atoms with Crippen LogP contribution in [-0.2, 0) is 0 Å². The standard InChI is InChI=1S/C21H20ClN3O3S/c1-3-11-28-18-13-14(9-10-17(18)27-2)12-16(22)20-24-25-21(29-20)19(26)23-15-7-5-4-6-8-15/h4-10,12-13H,3,11H2,1-2H3,(H,23,26)/b16-12-. The highest BCUT2D eigenvalue weighted by molar-refractivity contribution is 7.15. The molecule has 1 N–H and O–H groups in total. The van der Waals surface area contributed by atoms with Gasteiger partial charge in [-0.3, -0.25) is 4.79 Å². The number of nitrogens with zero attached hydrogens (tertiary/aromatic N) is 2. The van der Waals surface area contributed by atoms with Crippen molar-refractivity contribution in [1.82, 2.24) is 10.2 Å². The highest BCUT2D eigenvalue weighted by atomic mass is 35.5. The summed E-state index contributed by atoms with van der Waals surface area (Å²) in [5.74, 6) is 0.972. The van der Waals surface area contributed by atoms with Crippen LogP contribution < -0.4 is 14.8 Å². The van der Waals surface area contributed by atoms with Crippen molar-refractivity contribution in [3.05, 3.63) is 64.1 Å². The van der Waals surface area contributed by atoms with E-state index in [0.29, 0.717) is 33.8 Å². The highest BCUT2D eigenvalue weighted by Crippen LogP contribution is 2.31. The van der Waals surface area contributed by atoms with Gasteiger partial charge in [-0.2, -0.15) is 0 Å². The number of aromatic nitrogens is 2. The second kappa shape index (κ2) is 10.0. The number of halogens is 1. The Morgan fingerprint density at radius 1 is 1.14 bits per heavy atom. The first kappa shape index (κ1) is 20.8. The first-order chi connectivity index (χ1) is 14.1. The number of para-hydroxylation sites is 1. The van der Waals surface area contributed by atoms with E-state index >= 15 is 0 Å². The number of ether oxygens (including phenoxy) is 2. The van der Waals surface area contributed by atoms with Gasteiger partial charge in [0.15, 0.2) is 16.5 Å². The second-order valence-corrected chi connectivity index (χ2v) is 7.37. The molecule has 0 atom stereocenters. The number of methoxy groups -OCH3 is 1. The molecule has 0 aliphatic carbocycles. The third-order valence-corrected chi connectivity index (χ3v) is 5.15. The van der Waals surface area contributed by atoms with Crippen LogP contribution in [0, 0.1) is 0 Å². The number of anilines is 1. The fraction of sp³-hybridized carbons (Fsp3) is 0.190. The van der Waals surface area contributed by atoms with E-state index in [1.807, 2.05) is 43.3 Å². The minimum Gasteiger partial charge on any atom is -0.493 e. The molecule has 0 spiro atoms. The van der Waals surface area contributed by atoms with Gasteiger partial charge in [0.2, 0.25) is 5.01 Å². The Bertz CT molecular complexity index is 1010. The Hall–Kier alpha value is -2.90. The van der Waals surface area contributed by atoms with Crippen molar-refractivity contribution in [1.29, 1.82) is 0 Å². The topological polar surface area (TPSA) is 73.3 Å². The number of carbonyl (C=O) groups is 1. The first-order valence-corrected chi connectivity index (χ1v) is 10.2. The van der Waals surface area contributed by atoms with E-state index in [9.17, 15) is 4.79 Å². The minimum atomic E-state index is -0.330. The molecule has 0 aliphatic rings. The Morgan fingerprint density at radius 2 is 1.90 bits per heavy atom. The van der Waals surface area contributed by atoms with Gasteiger partial charge in [-0.1, -0.05) is 54.1 Å². The fourth-order valence-corrected chi connectivity index (χ4v) is 3.36. The normalized spacial score (nSPS) is 11.2. The Labute approximate surface area is 178 Å². The number of nitrogens with one attached hydrogen (secondary N) is 1. The summed E-state index contributed by atoms with van der Waals surface area (Å²) in [6.45, 7) is 2.63. The van der Waals surface area contributed by atoms with Gasteiger partial charge in [0, 0.05) is 5.69 Å². The molecule has 150 valence electrons. The maximum atomic E-state index is 12.3. The zero-order valence-electron chi connectivity index (χ0n) is 16.0. The molecule has 8 heteroatoms. The maximum absolute atomic E-state index is 12.3. The number of hydrogen-bond acceptors (Lipinski definition) is 6. The number of amides is 1. The molecule has 1 heterocycles. The fourth-order valence-electron chi connectivity index (χ4n) is 2.43. The molecule has 0 saturated carbocycles. The summed E-state index contributed by atoms with van der Waals surface area (Å²) in [5.41, 5.74) is 1.51. The molecule has 29 heavy (non-hydrogen) atoms. The van der Waals surface area contributed by atoms with Gasteiger partial charge in [0.25, 0.3) is 5.91 Å². The van der Waals surface area contributed by atoms with Gasteiger partial charge in [-0.15, -0.1) is 10.2 Å². The van der Waals surface area contributed by atoms with Crippen molar-refractivity contribution >= 4 is 45.6 Å². The Morgan fingerprint density at radius 3 is 2.62 bits per heavy atom. The molecule has 1 aromatic heterocycles. The molecule has 2 aromatic carbocycles. The Kier molecular flexibility index (Phi) is 7.21. The first-order valence-electron chi connectivity index (χ1n) is 8.99. The van der Waals surface area contributed by atoms with Crippen molar-refractivity contribution in [3.8, 4) is 11.5 Å². The van der Waals surface area contributed by atoms with Crippen molar-refractivity contribution in [3.63, 3.8) is 0 Å². The average molecular weight is 430 g/mol. The smallest absolute Gasteiger partial charge is 0.286 e. The lowest BCUT2D eigenvalue weighted by Gasteiger charge is -2.10. The Balaban J connectivity index is 1.76. The summed E-state index contributed by atoms with van der Waals surface area (Å²) in [6, 6.07) is 14.7. The molecule has 0 saturated heterocycles. The molecular weight excluding hydrogens is 410 g/mol. The van der Waals surface area contributed by atoms with Crippen LogP contribution in [0.4, 0.5) is 5.69 Å². The summed E-state index contributed by atoms with van der Waals surface area (Å²) in [4.78, 5) is 12.3. The monoisotopic (exact) mass is 429 g/mol. The van der Waals surface area contributed by atoms with Crippen LogP contribution in [0.25, 0.3) is 11.1 Å². The second-order valence-electron chi connectivity index (χ2n) is 5.98. The number of carbonyl (C=O) groups excluding carboxylic acids is 1. The molecule has 3 aromatic rings. The van der Waals surface area contributed by atoms with Gasteiger partial charge in [0.1, 0.15) is 0 Å². The molecule has 0 radical (unpaired) electrons. The summed E-state index contributed by atoms with van der Waals surface area (Å²) in [7, 11) is 1.60. The average Bonchev–Trinajstić information content (AvgIpc) is 3.24. The molecule has 6 nitrogen and oxygen atoms in total. The van der Waals surface area contributed by atoms with E-state index in [4.69, 9.17) is 21.1 Å². The van der Waals surface area contributed by atoms with Crippen molar-refractivity contribution < 1.29 is 14.3 Å². The molecule has 0 aliphatic heterocycles. The number of hydrogen-bond donors (Lipinski definition) is 1. The highest BCUT2D eigenvalue weighted by Gasteiger charge is 2.15. The third-order valence-electron chi connectivity index (χ3n) is 3.80. The van der Waals surface area contributed by atoms with E-state index in [-0.39, 0.29) is 10.9 Å². The van der Waals surface area contributed by atoms with Crippen LogP contribution in [0.2, 0.25) is 0 Å². The number of benzene rings is 2. The van der Waals surface area contributed by atoms with Crippen LogP contribution >= 0.6 is 22.9 Å². The quantitative estimate of drug-likeness (QED) is 0.524. The largest absolute Gasteiger partial charge is 0.493 e. The van der Waals surface area contributed by atoms with E-state index in [2.05, 4.69) is 15.5 Å². The van der Waals surface area contributed by atoms with Crippen LogP contribution in [0.5, 0.6) is 11.5 Å². The molecular formula is C21H20ClN3O3S. The third kappa shape index (κ3) is 5.56. The molecule has 3 rings (SSSR count). The van der Waals surface area contributed by atoms with E-state index in [1.54, 1.807) is 25.3 Å². The van der Waals surface area contributed by atoms with Crippen LogP contribution in [0.1, 0.15) is 33.7 Å². The predicted molar refractivity (Wildman–Crippen MR) is 117 cm³/mol. The molecule has 0 bridgehead atoms. The lowest BCUT2D eigenvalue weighted by Crippen LogP contribution is -2.11. The summed E-state index contributed by atoms with van der Waals surface area (Å²) in [5, 5.41) is 11.8. The van der Waals surface area contributed by atoms with Crippen LogP contribution in [0.3, 0.4) is 0 Å². The molecule has 0 unspecified atom stereocenters. The lowest BCUT2D eigenvalue weighted by atomic mass is 10.2. The maximum Gasteiger partial charge on any atom is 0.286 e. The molecule has 1 amide bonds. The van der Waals surface area contributed by atoms with E-state index < -0.39 is 0 Å². The predicted octanol–water partition coefficient (Wildman–Crippen LogP) is 5.32. The van der Waals surface area contributed by atoms with Gasteiger partial charge in [-0.25, -0.2) is 0 Å². The lowest BCUT2D eigenvalue weighted by molar-refractivity contribution is 0.102. The van der Waals surface area contributed by atoms with E-state index in [1.165, 1.54) is 0 Å². The van der Waals surface area contributed by atoms with E-state index in [0.717, 1.165) is 23.3 Å². The van der Waals surface area contributed by atoms with Crippen molar-refractivity contribution in [2.75, 3.05) is 19.0 Å². The SMILES string of the molecule is CCCOc1cc(/C=C(\Cl)c2nnc(C(=O)Nc3ccccc3)s2)ccc1OC. The van der Waals surface area contributed by atoms with Gasteiger partial charge >= 0.3 is 0 Å². The minimum absolute atomic E-state index is 0.233. The summed E-state index contributed by atoms with van der Waals surface area (Å²) in [6.07, 6.45) is 2.64. The van der Waals surface area contributed by atoms with Gasteiger partial charge < -0.3 is 14.8 Å². The zero-order chi connectivity index (χ0) is 20.6. The zero-order valence-corrected chi connectivity index (χ0v) is 17.6. The summed E-state index contributed by atoms with van der Waals surface area (Å²) < 4.78 is 11.0. The van der Waals surface area contributed by atoms with Crippen LogP contribution in [0.15, 0.2) is 48.5 Å². The number of rotatable bonds is 8. The van der Waals surface area contributed by atoms with Gasteiger partial charge in [-0.05, 0) is 42.3 Å². The van der Waals surface area contributed by atoms with Gasteiger partial charge in [0.05, 0.1) is 18.7 Å². The van der Waals surface area contributed by atoms with Crippen molar-refractivity contribution in [2.24, 2.45) is 0 Å². The summed E-state index contributed by atoms with van der Waals surface area (Å²) >= 11 is 7.54.